The van der Waals surface area contributed by atoms with Crippen LogP contribution in [0.5, 0.6) is 0 Å². The summed E-state index contributed by atoms with van der Waals surface area (Å²) in [5.74, 6) is 2.55. The van der Waals surface area contributed by atoms with Crippen molar-refractivity contribution in [3.63, 3.8) is 0 Å². The highest BCUT2D eigenvalue weighted by molar-refractivity contribution is 7.99. The summed E-state index contributed by atoms with van der Waals surface area (Å²) in [4.78, 5) is 13.1. The van der Waals surface area contributed by atoms with Gasteiger partial charge in [0.1, 0.15) is 29.1 Å². The highest BCUT2D eigenvalue weighted by atomic mass is 32.2. The Morgan fingerprint density at radius 1 is 1.14 bits per heavy atom. The van der Waals surface area contributed by atoms with Gasteiger partial charge in [-0.25, -0.2) is 5.01 Å². The van der Waals surface area contributed by atoms with Crippen LogP contribution in [0.1, 0.15) is 49.1 Å². The van der Waals surface area contributed by atoms with Gasteiger partial charge in [-0.3, -0.25) is 4.79 Å². The maximum absolute atomic E-state index is 13.1. The second-order valence-corrected chi connectivity index (χ2v) is 8.09. The van der Waals surface area contributed by atoms with E-state index in [2.05, 4.69) is 19.9 Å². The molecule has 150 valence electrons. The SMILES string of the molecule is O=C(CSc1nnc2n1CCCCC2)N1N=C(c2ccco2)C[C@H]1c1ccco1. The second kappa shape index (κ2) is 7.90. The molecule has 0 radical (unpaired) electrons. The first-order valence-electron chi connectivity index (χ1n) is 9.81. The molecular formula is C20H21N5O3S. The Labute approximate surface area is 172 Å². The van der Waals surface area contributed by atoms with Crippen molar-refractivity contribution in [1.29, 1.82) is 0 Å². The van der Waals surface area contributed by atoms with Crippen molar-refractivity contribution in [2.24, 2.45) is 5.10 Å². The zero-order chi connectivity index (χ0) is 19.6. The van der Waals surface area contributed by atoms with E-state index in [0.717, 1.165) is 42.5 Å². The number of hydrogen-bond acceptors (Lipinski definition) is 7. The average Bonchev–Trinajstić information content (AvgIpc) is 3.51. The second-order valence-electron chi connectivity index (χ2n) is 7.15. The van der Waals surface area contributed by atoms with Crippen LogP contribution < -0.4 is 0 Å². The van der Waals surface area contributed by atoms with Crippen molar-refractivity contribution < 1.29 is 13.6 Å². The molecule has 3 aromatic rings. The van der Waals surface area contributed by atoms with Crippen LogP contribution in [0, 0.1) is 0 Å². The minimum Gasteiger partial charge on any atom is -0.467 e. The molecule has 0 saturated carbocycles. The summed E-state index contributed by atoms with van der Waals surface area (Å²) in [6.45, 7) is 0.915. The van der Waals surface area contributed by atoms with E-state index in [4.69, 9.17) is 8.83 Å². The summed E-state index contributed by atoms with van der Waals surface area (Å²) in [6, 6.07) is 7.09. The number of fused-ring (bicyclic) bond motifs is 1. The number of furan rings is 2. The maximum atomic E-state index is 13.1. The lowest BCUT2D eigenvalue weighted by molar-refractivity contribution is -0.130. The van der Waals surface area contributed by atoms with Gasteiger partial charge in [-0.05, 0) is 37.1 Å². The molecule has 9 heteroatoms. The maximum Gasteiger partial charge on any atom is 0.253 e. The van der Waals surface area contributed by atoms with Crippen molar-refractivity contribution in [2.75, 3.05) is 5.75 Å². The molecule has 0 bridgehead atoms. The van der Waals surface area contributed by atoms with Gasteiger partial charge in [0.25, 0.3) is 5.91 Å². The fourth-order valence-corrected chi connectivity index (χ4v) is 4.63. The monoisotopic (exact) mass is 411 g/mol. The predicted molar refractivity (Wildman–Crippen MR) is 106 cm³/mol. The zero-order valence-electron chi connectivity index (χ0n) is 15.9. The van der Waals surface area contributed by atoms with E-state index >= 15 is 0 Å². The Balaban J connectivity index is 1.34. The van der Waals surface area contributed by atoms with Gasteiger partial charge in [0, 0.05) is 19.4 Å². The molecule has 0 aromatic carbocycles. The lowest BCUT2D eigenvalue weighted by Gasteiger charge is -2.19. The Morgan fingerprint density at radius 2 is 2.03 bits per heavy atom. The lowest BCUT2D eigenvalue weighted by Crippen LogP contribution is -2.28. The molecule has 1 amide bonds. The number of amides is 1. The molecule has 0 aliphatic carbocycles. The third kappa shape index (κ3) is 3.62. The van der Waals surface area contributed by atoms with Crippen LogP contribution in [-0.4, -0.2) is 37.1 Å². The Kier molecular flexibility index (Phi) is 4.97. The number of nitrogens with zero attached hydrogens (tertiary/aromatic N) is 5. The van der Waals surface area contributed by atoms with E-state index in [9.17, 15) is 4.79 Å². The number of aryl methyl sites for hydroxylation is 1. The quantitative estimate of drug-likeness (QED) is 0.595. The topological polar surface area (TPSA) is 89.7 Å². The molecule has 5 rings (SSSR count). The molecule has 3 aromatic heterocycles. The summed E-state index contributed by atoms with van der Waals surface area (Å²) in [6.07, 6.45) is 8.19. The van der Waals surface area contributed by atoms with Gasteiger partial charge in [0.2, 0.25) is 0 Å². The first kappa shape index (κ1) is 18.2. The Hall–Kier alpha value is -2.81. The molecule has 0 unspecified atom stereocenters. The standard InChI is InChI=1S/C20H21N5O3S/c26-19(13-29-20-22-21-18-8-2-1-3-9-24(18)20)25-15(17-7-5-11-28-17)12-14(23-25)16-6-4-10-27-16/h4-7,10-11,15H,1-3,8-9,12-13H2/t15-/m0/s1. The molecule has 0 fully saturated rings. The number of carbonyl (C=O) groups is 1. The number of aromatic nitrogens is 3. The normalized spacial score (nSPS) is 19.1. The van der Waals surface area contributed by atoms with Crippen LogP contribution >= 0.6 is 11.8 Å². The summed E-state index contributed by atoms with van der Waals surface area (Å²) >= 11 is 1.42. The van der Waals surface area contributed by atoms with Crippen LogP contribution in [0.25, 0.3) is 0 Å². The van der Waals surface area contributed by atoms with E-state index < -0.39 is 0 Å². The first-order chi connectivity index (χ1) is 14.3. The first-order valence-corrected chi connectivity index (χ1v) is 10.8. The van der Waals surface area contributed by atoms with Gasteiger partial charge < -0.3 is 13.4 Å². The minimum absolute atomic E-state index is 0.0936. The third-order valence-electron chi connectivity index (χ3n) is 5.24. The van der Waals surface area contributed by atoms with Crippen molar-refractivity contribution in [3.05, 3.63) is 54.1 Å². The Morgan fingerprint density at radius 3 is 2.86 bits per heavy atom. The van der Waals surface area contributed by atoms with Gasteiger partial charge in [-0.2, -0.15) is 5.10 Å². The van der Waals surface area contributed by atoms with E-state index in [-0.39, 0.29) is 17.7 Å². The summed E-state index contributed by atoms with van der Waals surface area (Å²) < 4.78 is 13.2. The largest absolute Gasteiger partial charge is 0.467 e. The molecule has 0 saturated heterocycles. The van der Waals surface area contributed by atoms with Gasteiger partial charge in [-0.1, -0.05) is 18.2 Å². The summed E-state index contributed by atoms with van der Waals surface area (Å²) in [5.41, 5.74) is 0.742. The van der Waals surface area contributed by atoms with Gasteiger partial charge in [0.05, 0.1) is 18.3 Å². The molecule has 0 spiro atoms. The van der Waals surface area contributed by atoms with Crippen molar-refractivity contribution in [3.8, 4) is 0 Å². The van der Waals surface area contributed by atoms with E-state index in [1.807, 2.05) is 24.3 Å². The number of rotatable bonds is 5. The zero-order valence-corrected chi connectivity index (χ0v) is 16.7. The van der Waals surface area contributed by atoms with E-state index in [1.165, 1.54) is 23.2 Å². The smallest absolute Gasteiger partial charge is 0.253 e. The predicted octanol–water partition coefficient (Wildman–Crippen LogP) is 3.66. The molecule has 8 nitrogen and oxygen atoms in total. The fourth-order valence-electron chi connectivity index (χ4n) is 3.79. The fraction of sp³-hybridized carbons (Fsp3) is 0.400. The molecule has 2 aliphatic rings. The molecule has 1 atom stereocenters. The van der Waals surface area contributed by atoms with E-state index in [1.54, 1.807) is 12.5 Å². The number of hydrogen-bond donors (Lipinski definition) is 0. The highest BCUT2D eigenvalue weighted by Gasteiger charge is 2.35. The van der Waals surface area contributed by atoms with Crippen molar-refractivity contribution in [2.45, 2.75) is 49.8 Å². The van der Waals surface area contributed by atoms with Gasteiger partial charge in [-0.15, -0.1) is 10.2 Å². The lowest BCUT2D eigenvalue weighted by atomic mass is 10.1. The molecule has 2 aliphatic heterocycles. The number of hydrazone groups is 1. The van der Waals surface area contributed by atoms with Crippen molar-refractivity contribution in [1.82, 2.24) is 19.8 Å². The summed E-state index contributed by atoms with van der Waals surface area (Å²) in [5, 5.41) is 15.5. The van der Waals surface area contributed by atoms with E-state index in [0.29, 0.717) is 17.9 Å². The van der Waals surface area contributed by atoms with Crippen LogP contribution in [0.4, 0.5) is 0 Å². The molecule has 5 heterocycles. The van der Waals surface area contributed by atoms with Crippen LogP contribution in [0.2, 0.25) is 0 Å². The minimum atomic E-state index is -0.270. The highest BCUT2D eigenvalue weighted by Crippen LogP contribution is 2.34. The van der Waals surface area contributed by atoms with Crippen molar-refractivity contribution >= 4 is 23.4 Å². The van der Waals surface area contributed by atoms with Crippen LogP contribution in [0.15, 0.2) is 55.9 Å². The average molecular weight is 411 g/mol. The van der Waals surface area contributed by atoms with Gasteiger partial charge >= 0.3 is 0 Å². The molecule has 0 N–H and O–H groups in total. The number of thioether (sulfide) groups is 1. The Bertz CT molecular complexity index is 1010. The van der Waals surface area contributed by atoms with Gasteiger partial charge in [0.15, 0.2) is 5.16 Å². The summed E-state index contributed by atoms with van der Waals surface area (Å²) in [7, 11) is 0. The third-order valence-corrected chi connectivity index (χ3v) is 6.19. The number of carbonyl (C=O) groups excluding carboxylic acids is 1. The molecule has 29 heavy (non-hydrogen) atoms. The van der Waals surface area contributed by atoms with Crippen LogP contribution in [-0.2, 0) is 17.8 Å². The molecular weight excluding hydrogens is 390 g/mol. The van der Waals surface area contributed by atoms with Crippen LogP contribution in [0.3, 0.4) is 0 Å².